The van der Waals surface area contributed by atoms with Crippen LogP contribution >= 0.6 is 0 Å². The number of benzene rings is 1. The molecule has 0 unspecified atom stereocenters. The Labute approximate surface area is 133 Å². The Bertz CT molecular complexity index is 745. The number of hydrogen-bond acceptors (Lipinski definition) is 2. The van der Waals surface area contributed by atoms with Crippen LogP contribution in [-0.2, 0) is 12.4 Å². The molecule has 1 aromatic carbocycles. The minimum Gasteiger partial charge on any atom is -0.406 e. The van der Waals surface area contributed by atoms with Crippen molar-refractivity contribution in [2.45, 2.75) is 18.7 Å². The SMILES string of the molecule is FC(F)(F)Oc1ccc(-c2cc(C(F)(F)F)ncc2C(F)(F)F)cc1. The molecule has 0 aliphatic heterocycles. The van der Waals surface area contributed by atoms with Crippen molar-refractivity contribution in [3.05, 3.63) is 47.8 Å². The predicted molar refractivity (Wildman–Crippen MR) is 66.4 cm³/mol. The van der Waals surface area contributed by atoms with Gasteiger partial charge in [0.2, 0.25) is 0 Å². The fourth-order valence-electron chi connectivity index (χ4n) is 1.91. The number of rotatable bonds is 2. The third kappa shape index (κ3) is 4.77. The van der Waals surface area contributed by atoms with Gasteiger partial charge in [-0.2, -0.15) is 26.3 Å². The normalized spacial score (nSPS) is 13.0. The van der Waals surface area contributed by atoms with Crippen molar-refractivity contribution >= 4 is 0 Å². The van der Waals surface area contributed by atoms with E-state index in [1.54, 1.807) is 0 Å². The highest BCUT2D eigenvalue weighted by molar-refractivity contribution is 5.68. The smallest absolute Gasteiger partial charge is 0.406 e. The van der Waals surface area contributed by atoms with E-state index in [4.69, 9.17) is 0 Å². The first-order valence-electron chi connectivity index (χ1n) is 6.28. The van der Waals surface area contributed by atoms with Crippen molar-refractivity contribution < 1.29 is 44.3 Å². The van der Waals surface area contributed by atoms with Crippen LogP contribution in [0.3, 0.4) is 0 Å². The van der Waals surface area contributed by atoms with Gasteiger partial charge in [-0.1, -0.05) is 12.1 Å². The Balaban J connectivity index is 2.52. The molecule has 0 aliphatic rings. The van der Waals surface area contributed by atoms with Crippen LogP contribution in [0.15, 0.2) is 36.5 Å². The number of aromatic nitrogens is 1. The summed E-state index contributed by atoms with van der Waals surface area (Å²) in [6.45, 7) is 0. The molecule has 2 rings (SSSR count). The number of pyridine rings is 1. The van der Waals surface area contributed by atoms with Gasteiger partial charge in [0.25, 0.3) is 0 Å². The van der Waals surface area contributed by atoms with E-state index in [0.717, 1.165) is 12.1 Å². The van der Waals surface area contributed by atoms with Crippen molar-refractivity contribution in [1.82, 2.24) is 4.98 Å². The predicted octanol–water partition coefficient (Wildman–Crippen LogP) is 5.68. The summed E-state index contributed by atoms with van der Waals surface area (Å²) < 4.78 is 117. The number of hydrogen-bond donors (Lipinski definition) is 0. The van der Waals surface area contributed by atoms with Crippen LogP contribution in [0.4, 0.5) is 39.5 Å². The molecule has 1 heterocycles. The minimum absolute atomic E-state index is 0.0261. The second-order valence-corrected chi connectivity index (χ2v) is 4.68. The molecule has 0 fully saturated rings. The van der Waals surface area contributed by atoms with E-state index in [-0.39, 0.29) is 17.8 Å². The summed E-state index contributed by atoms with van der Waals surface area (Å²) in [7, 11) is 0. The molecule has 25 heavy (non-hydrogen) atoms. The largest absolute Gasteiger partial charge is 0.573 e. The Morgan fingerprint density at radius 1 is 0.760 bits per heavy atom. The van der Waals surface area contributed by atoms with Crippen molar-refractivity contribution in [3.8, 4) is 16.9 Å². The first-order chi connectivity index (χ1) is 11.3. The van der Waals surface area contributed by atoms with Gasteiger partial charge < -0.3 is 4.74 Å². The van der Waals surface area contributed by atoms with Crippen LogP contribution in [-0.4, -0.2) is 11.3 Å². The molecular weight excluding hydrogens is 369 g/mol. The fraction of sp³-hybridized carbons (Fsp3) is 0.214. The van der Waals surface area contributed by atoms with E-state index in [9.17, 15) is 39.5 Å². The van der Waals surface area contributed by atoms with E-state index in [1.807, 2.05) is 0 Å². The Morgan fingerprint density at radius 3 is 1.76 bits per heavy atom. The van der Waals surface area contributed by atoms with Crippen LogP contribution in [0.25, 0.3) is 11.1 Å². The second kappa shape index (κ2) is 6.12. The van der Waals surface area contributed by atoms with Gasteiger partial charge in [-0.3, -0.25) is 4.98 Å². The fourth-order valence-corrected chi connectivity index (χ4v) is 1.91. The van der Waals surface area contributed by atoms with Gasteiger partial charge in [0, 0.05) is 6.20 Å². The molecule has 0 radical (unpaired) electrons. The quantitative estimate of drug-likeness (QED) is 0.630. The molecule has 0 saturated heterocycles. The lowest BCUT2D eigenvalue weighted by molar-refractivity contribution is -0.274. The average molecular weight is 375 g/mol. The number of alkyl halides is 9. The topological polar surface area (TPSA) is 22.1 Å². The summed E-state index contributed by atoms with van der Waals surface area (Å²) >= 11 is 0. The lowest BCUT2D eigenvalue weighted by Gasteiger charge is -2.15. The summed E-state index contributed by atoms with van der Waals surface area (Å²) in [5.41, 5.74) is -4.26. The van der Waals surface area contributed by atoms with E-state index in [0.29, 0.717) is 12.1 Å². The Hall–Kier alpha value is -2.46. The summed E-state index contributed by atoms with van der Waals surface area (Å²) in [6.07, 6.45) is -15.0. The van der Waals surface area contributed by atoms with E-state index >= 15 is 0 Å². The second-order valence-electron chi connectivity index (χ2n) is 4.68. The van der Waals surface area contributed by atoms with E-state index < -0.39 is 41.3 Å². The Kier molecular flexibility index (Phi) is 4.62. The highest BCUT2D eigenvalue weighted by Crippen LogP contribution is 2.40. The number of halogens is 9. The molecule has 0 atom stereocenters. The minimum atomic E-state index is -5.02. The van der Waals surface area contributed by atoms with Crippen molar-refractivity contribution in [2.75, 3.05) is 0 Å². The zero-order valence-corrected chi connectivity index (χ0v) is 11.7. The van der Waals surface area contributed by atoms with Crippen molar-refractivity contribution in [2.24, 2.45) is 0 Å². The standard InChI is InChI=1S/C14H6F9NO/c15-12(16,17)10-6-24-11(13(18,19)20)5-9(10)7-1-3-8(4-2-7)25-14(21,22)23/h1-6H. The monoisotopic (exact) mass is 375 g/mol. The van der Waals surface area contributed by atoms with Gasteiger partial charge in [-0.15, -0.1) is 13.2 Å². The molecule has 1 aromatic heterocycles. The summed E-state index contributed by atoms with van der Waals surface area (Å²) in [4.78, 5) is 2.75. The molecule has 0 spiro atoms. The molecule has 0 amide bonds. The summed E-state index contributed by atoms with van der Waals surface area (Å²) in [6, 6.07) is 3.13. The van der Waals surface area contributed by atoms with Crippen LogP contribution in [0.5, 0.6) is 5.75 Å². The first kappa shape index (κ1) is 18.9. The van der Waals surface area contributed by atoms with Crippen molar-refractivity contribution in [3.63, 3.8) is 0 Å². The molecule has 0 saturated carbocycles. The van der Waals surface area contributed by atoms with E-state index in [2.05, 4.69) is 9.72 Å². The molecule has 0 N–H and O–H groups in total. The highest BCUT2D eigenvalue weighted by atomic mass is 19.4. The van der Waals surface area contributed by atoms with Gasteiger partial charge in [-0.25, -0.2) is 0 Å². The van der Waals surface area contributed by atoms with Crippen LogP contribution in [0.2, 0.25) is 0 Å². The zero-order chi connectivity index (χ0) is 19.0. The number of nitrogens with zero attached hydrogens (tertiary/aromatic N) is 1. The van der Waals surface area contributed by atoms with Crippen LogP contribution < -0.4 is 4.74 Å². The van der Waals surface area contributed by atoms with E-state index in [1.165, 1.54) is 0 Å². The van der Waals surface area contributed by atoms with Gasteiger partial charge in [-0.05, 0) is 29.3 Å². The lowest BCUT2D eigenvalue weighted by Crippen LogP contribution is -2.17. The van der Waals surface area contributed by atoms with Gasteiger partial charge in [0.1, 0.15) is 11.4 Å². The molecule has 11 heteroatoms. The maximum Gasteiger partial charge on any atom is 0.573 e. The average Bonchev–Trinajstić information content (AvgIpc) is 2.44. The van der Waals surface area contributed by atoms with Gasteiger partial charge in [0.05, 0.1) is 5.56 Å². The maximum absolute atomic E-state index is 13.0. The van der Waals surface area contributed by atoms with Crippen LogP contribution in [0.1, 0.15) is 11.3 Å². The number of ether oxygens (including phenoxy) is 1. The molecule has 136 valence electrons. The third-order valence-electron chi connectivity index (χ3n) is 2.90. The maximum atomic E-state index is 13.0. The highest BCUT2D eigenvalue weighted by Gasteiger charge is 2.38. The molecule has 2 aromatic rings. The van der Waals surface area contributed by atoms with Crippen molar-refractivity contribution in [1.29, 1.82) is 0 Å². The molecule has 2 nitrogen and oxygen atoms in total. The summed E-state index contributed by atoms with van der Waals surface area (Å²) in [5.74, 6) is -0.727. The molecule has 0 bridgehead atoms. The van der Waals surface area contributed by atoms with Crippen LogP contribution in [0, 0.1) is 0 Å². The third-order valence-corrected chi connectivity index (χ3v) is 2.90. The molecule has 0 aliphatic carbocycles. The van der Waals surface area contributed by atoms with Gasteiger partial charge >= 0.3 is 18.7 Å². The summed E-state index contributed by atoms with van der Waals surface area (Å²) in [5, 5.41) is 0. The van der Waals surface area contributed by atoms with Gasteiger partial charge in [0.15, 0.2) is 0 Å². The Morgan fingerprint density at radius 2 is 1.32 bits per heavy atom. The lowest BCUT2D eigenvalue weighted by atomic mass is 10.00. The first-order valence-corrected chi connectivity index (χ1v) is 6.28. The molecular formula is C14H6F9NO. The zero-order valence-electron chi connectivity index (χ0n) is 11.7.